The number of para-hydroxylation sites is 2. The Morgan fingerprint density at radius 2 is 1.82 bits per heavy atom. The van der Waals surface area contributed by atoms with Gasteiger partial charge in [-0.1, -0.05) is 47.7 Å². The van der Waals surface area contributed by atoms with Crippen molar-refractivity contribution in [2.24, 2.45) is 4.99 Å². The van der Waals surface area contributed by atoms with Gasteiger partial charge in [0.05, 0.1) is 28.5 Å². The Bertz CT molecular complexity index is 1770. The Labute approximate surface area is 231 Å². The lowest BCUT2D eigenvalue weighted by molar-refractivity contribution is -0.139. The summed E-state index contributed by atoms with van der Waals surface area (Å²) < 4.78 is 15.9. The van der Waals surface area contributed by atoms with Crippen molar-refractivity contribution < 1.29 is 14.3 Å². The number of esters is 1. The highest BCUT2D eigenvalue weighted by Gasteiger charge is 2.35. The van der Waals surface area contributed by atoms with E-state index in [9.17, 15) is 9.59 Å². The van der Waals surface area contributed by atoms with E-state index in [4.69, 9.17) is 14.5 Å². The third-order valence-electron chi connectivity index (χ3n) is 6.71. The Morgan fingerprint density at radius 1 is 1.10 bits per heavy atom. The van der Waals surface area contributed by atoms with Gasteiger partial charge in [0.15, 0.2) is 4.80 Å². The first-order valence-corrected chi connectivity index (χ1v) is 14.1. The first kappa shape index (κ1) is 26.7. The van der Waals surface area contributed by atoms with E-state index in [2.05, 4.69) is 36.7 Å². The molecule has 0 bridgehead atoms. The van der Waals surface area contributed by atoms with Crippen molar-refractivity contribution in [2.45, 2.75) is 59.7 Å². The van der Waals surface area contributed by atoms with Crippen LogP contribution in [0.25, 0.3) is 17.0 Å². The number of carbonyl (C=O) groups excluding carboxylic acids is 1. The van der Waals surface area contributed by atoms with Gasteiger partial charge in [0.25, 0.3) is 5.56 Å². The van der Waals surface area contributed by atoms with Gasteiger partial charge in [-0.3, -0.25) is 9.36 Å². The Hall–Kier alpha value is -3.91. The van der Waals surface area contributed by atoms with E-state index < -0.39 is 12.0 Å². The van der Waals surface area contributed by atoms with Crippen LogP contribution in [-0.4, -0.2) is 27.8 Å². The Balaban J connectivity index is 1.77. The molecule has 3 heterocycles. The standard InChI is InChI=1S/C31H33N3O4S/c1-7-37-30(36)27-20(6)32-31-34(28(27)23-13-9-11-15-25(23)38-19(4)5)29(35)26(39-31)16-21-17-33(18(2)3)24-14-10-8-12-22(21)24/h8-19,28H,7H2,1-6H3/b26-16-. The molecular formula is C31H33N3O4S. The van der Waals surface area contributed by atoms with E-state index >= 15 is 0 Å². The van der Waals surface area contributed by atoms with Crippen LogP contribution in [-0.2, 0) is 9.53 Å². The van der Waals surface area contributed by atoms with Gasteiger partial charge in [0.1, 0.15) is 11.8 Å². The summed E-state index contributed by atoms with van der Waals surface area (Å²) in [4.78, 5) is 32.6. The largest absolute Gasteiger partial charge is 0.491 e. The predicted octanol–water partition coefficient (Wildman–Crippen LogP) is 5.12. The molecule has 0 saturated heterocycles. The second-order valence-corrected chi connectivity index (χ2v) is 11.1. The zero-order valence-electron chi connectivity index (χ0n) is 23.1. The second-order valence-electron chi connectivity index (χ2n) is 10.1. The monoisotopic (exact) mass is 543 g/mol. The van der Waals surface area contributed by atoms with Crippen molar-refractivity contribution in [3.63, 3.8) is 0 Å². The third kappa shape index (κ3) is 4.85. The zero-order valence-corrected chi connectivity index (χ0v) is 23.9. The summed E-state index contributed by atoms with van der Waals surface area (Å²) in [7, 11) is 0. The van der Waals surface area contributed by atoms with Gasteiger partial charge < -0.3 is 14.0 Å². The van der Waals surface area contributed by atoms with Crippen LogP contribution in [0.2, 0.25) is 0 Å². The highest BCUT2D eigenvalue weighted by molar-refractivity contribution is 7.07. The number of hydrogen-bond donors (Lipinski definition) is 0. The fraction of sp³-hybridized carbons (Fsp3) is 0.323. The van der Waals surface area contributed by atoms with E-state index in [1.165, 1.54) is 11.3 Å². The summed E-state index contributed by atoms with van der Waals surface area (Å²) in [5, 5.41) is 1.08. The summed E-state index contributed by atoms with van der Waals surface area (Å²) in [6.45, 7) is 11.9. The number of thiazole rings is 1. The smallest absolute Gasteiger partial charge is 0.338 e. The average molecular weight is 544 g/mol. The lowest BCUT2D eigenvalue weighted by Gasteiger charge is -2.26. The number of nitrogens with zero attached hydrogens (tertiary/aromatic N) is 3. The van der Waals surface area contributed by atoms with Gasteiger partial charge in [0, 0.05) is 34.3 Å². The molecular weight excluding hydrogens is 510 g/mol. The molecule has 1 atom stereocenters. The zero-order chi connectivity index (χ0) is 27.8. The second kappa shape index (κ2) is 10.7. The lowest BCUT2D eigenvalue weighted by Crippen LogP contribution is -2.40. The average Bonchev–Trinajstić information content (AvgIpc) is 3.41. The molecule has 0 N–H and O–H groups in total. The number of ether oxygens (including phenoxy) is 2. The van der Waals surface area contributed by atoms with E-state index in [1.54, 1.807) is 18.4 Å². The van der Waals surface area contributed by atoms with Crippen molar-refractivity contribution in [2.75, 3.05) is 6.61 Å². The molecule has 1 aliphatic rings. The fourth-order valence-electron chi connectivity index (χ4n) is 5.07. The first-order chi connectivity index (χ1) is 18.7. The van der Waals surface area contributed by atoms with Crippen molar-refractivity contribution >= 4 is 34.3 Å². The first-order valence-electron chi connectivity index (χ1n) is 13.3. The van der Waals surface area contributed by atoms with E-state index in [1.807, 2.05) is 56.3 Å². The van der Waals surface area contributed by atoms with Crippen molar-refractivity contribution in [3.8, 4) is 5.75 Å². The molecule has 39 heavy (non-hydrogen) atoms. The van der Waals surface area contributed by atoms with Crippen LogP contribution < -0.4 is 19.6 Å². The number of hydrogen-bond acceptors (Lipinski definition) is 6. The SMILES string of the molecule is CCOC(=O)C1=C(C)N=c2s/c(=C\c3cn(C(C)C)c4ccccc34)c(=O)n2C1c1ccccc1OC(C)C. The molecule has 0 radical (unpaired) electrons. The van der Waals surface area contributed by atoms with E-state index in [0.717, 1.165) is 16.5 Å². The van der Waals surface area contributed by atoms with Crippen LogP contribution >= 0.6 is 11.3 Å². The molecule has 0 saturated carbocycles. The van der Waals surface area contributed by atoms with Crippen molar-refractivity contribution in [3.05, 3.63) is 96.8 Å². The van der Waals surface area contributed by atoms with Gasteiger partial charge in [-0.25, -0.2) is 9.79 Å². The number of fused-ring (bicyclic) bond motifs is 2. The maximum Gasteiger partial charge on any atom is 0.338 e. The Kier molecular flexibility index (Phi) is 7.32. The minimum atomic E-state index is -0.727. The summed E-state index contributed by atoms with van der Waals surface area (Å²) in [5.41, 5.74) is 3.45. The quantitative estimate of drug-likeness (QED) is 0.303. The molecule has 2 aromatic heterocycles. The van der Waals surface area contributed by atoms with Crippen molar-refractivity contribution in [1.29, 1.82) is 0 Å². The number of carbonyl (C=O) groups is 1. The molecule has 2 aromatic carbocycles. The summed E-state index contributed by atoms with van der Waals surface area (Å²) in [5.74, 6) is 0.126. The molecule has 0 aliphatic carbocycles. The molecule has 4 aromatic rings. The number of aromatic nitrogens is 2. The molecule has 1 unspecified atom stereocenters. The maximum absolute atomic E-state index is 14.1. The third-order valence-corrected chi connectivity index (χ3v) is 7.69. The van der Waals surface area contributed by atoms with Crippen molar-refractivity contribution in [1.82, 2.24) is 9.13 Å². The molecule has 8 heteroatoms. The van der Waals surface area contributed by atoms with Gasteiger partial charge in [-0.2, -0.15) is 0 Å². The van der Waals surface area contributed by atoms with Gasteiger partial charge in [-0.15, -0.1) is 0 Å². The minimum absolute atomic E-state index is 0.0867. The van der Waals surface area contributed by atoms with Crippen LogP contribution in [0.15, 0.2) is 75.8 Å². The maximum atomic E-state index is 14.1. The molecule has 0 spiro atoms. The van der Waals surface area contributed by atoms with Crippen LogP contribution in [0, 0.1) is 0 Å². The molecule has 0 amide bonds. The fourth-order valence-corrected chi connectivity index (χ4v) is 6.11. The number of benzene rings is 2. The molecule has 0 fully saturated rings. The number of allylic oxidation sites excluding steroid dienone is 1. The van der Waals surface area contributed by atoms with E-state index in [-0.39, 0.29) is 24.3 Å². The van der Waals surface area contributed by atoms with Crippen LogP contribution in [0.5, 0.6) is 5.75 Å². The molecule has 1 aliphatic heterocycles. The summed E-state index contributed by atoms with van der Waals surface area (Å²) in [6.07, 6.45) is 3.94. The number of rotatable bonds is 7. The summed E-state index contributed by atoms with van der Waals surface area (Å²) in [6, 6.07) is 15.3. The minimum Gasteiger partial charge on any atom is -0.491 e. The van der Waals surface area contributed by atoms with Gasteiger partial charge in [-0.05, 0) is 59.8 Å². The van der Waals surface area contributed by atoms with Gasteiger partial charge >= 0.3 is 5.97 Å². The predicted molar refractivity (Wildman–Crippen MR) is 155 cm³/mol. The van der Waals surface area contributed by atoms with Gasteiger partial charge in [0.2, 0.25) is 0 Å². The highest BCUT2D eigenvalue weighted by Crippen LogP contribution is 2.36. The topological polar surface area (TPSA) is 74.8 Å². The molecule has 5 rings (SSSR count). The molecule has 7 nitrogen and oxygen atoms in total. The molecule has 202 valence electrons. The lowest BCUT2D eigenvalue weighted by atomic mass is 9.95. The van der Waals surface area contributed by atoms with Crippen LogP contribution in [0.1, 0.15) is 64.8 Å². The normalized spacial score (nSPS) is 15.7. The Morgan fingerprint density at radius 3 is 2.54 bits per heavy atom. The van der Waals surface area contributed by atoms with Crippen LogP contribution in [0.3, 0.4) is 0 Å². The highest BCUT2D eigenvalue weighted by atomic mass is 32.1. The summed E-state index contributed by atoms with van der Waals surface area (Å²) >= 11 is 1.32. The van der Waals surface area contributed by atoms with E-state index in [0.29, 0.717) is 31.9 Å². The van der Waals surface area contributed by atoms with Crippen LogP contribution in [0.4, 0.5) is 0 Å².